The highest BCUT2D eigenvalue weighted by atomic mass is 32.2. The van der Waals surface area contributed by atoms with Gasteiger partial charge in [-0.3, -0.25) is 4.21 Å². The molecule has 4 heteroatoms. The molecule has 0 bridgehead atoms. The fourth-order valence-electron chi connectivity index (χ4n) is 2.56. The van der Waals surface area contributed by atoms with E-state index in [4.69, 9.17) is 0 Å². The third-order valence-corrected chi connectivity index (χ3v) is 5.56. The van der Waals surface area contributed by atoms with E-state index in [9.17, 15) is 14.4 Å². The zero-order valence-corrected chi connectivity index (χ0v) is 13.8. The zero-order chi connectivity index (χ0) is 16.9. The fraction of sp³-hybridized carbons (Fsp3) is 0.100. The van der Waals surface area contributed by atoms with Crippen molar-refractivity contribution in [2.75, 3.05) is 6.61 Å². The largest absolute Gasteiger partial charge is 0.508 e. The first-order chi connectivity index (χ1) is 11.7. The van der Waals surface area contributed by atoms with Crippen molar-refractivity contribution in [1.29, 1.82) is 0 Å². The van der Waals surface area contributed by atoms with Crippen molar-refractivity contribution in [2.45, 2.75) is 10.1 Å². The highest BCUT2D eigenvalue weighted by molar-refractivity contribution is 7.85. The monoisotopic (exact) mass is 338 g/mol. The lowest BCUT2D eigenvalue weighted by Gasteiger charge is -2.15. The predicted octanol–water partition coefficient (Wildman–Crippen LogP) is 3.90. The van der Waals surface area contributed by atoms with E-state index in [0.29, 0.717) is 4.90 Å². The SMILES string of the molecule is O=S(c1ccc(O)cc1)C(CO)c1ccc(-c2ccccc2)cc1. The Morgan fingerprint density at radius 3 is 1.96 bits per heavy atom. The molecule has 0 aliphatic heterocycles. The molecule has 0 radical (unpaired) electrons. The van der Waals surface area contributed by atoms with Gasteiger partial charge >= 0.3 is 0 Å². The van der Waals surface area contributed by atoms with Crippen LogP contribution in [0.15, 0.2) is 83.8 Å². The average Bonchev–Trinajstić information content (AvgIpc) is 2.64. The quantitative estimate of drug-likeness (QED) is 0.742. The Kier molecular flexibility index (Phi) is 5.08. The summed E-state index contributed by atoms with van der Waals surface area (Å²) >= 11 is 0. The molecule has 0 saturated heterocycles. The van der Waals surface area contributed by atoms with Gasteiger partial charge in [0.2, 0.25) is 0 Å². The molecule has 3 aromatic carbocycles. The molecule has 0 saturated carbocycles. The van der Waals surface area contributed by atoms with E-state index in [1.54, 1.807) is 12.1 Å². The van der Waals surface area contributed by atoms with Crippen LogP contribution in [-0.2, 0) is 10.8 Å². The van der Waals surface area contributed by atoms with Crippen LogP contribution in [0.25, 0.3) is 11.1 Å². The van der Waals surface area contributed by atoms with Crippen molar-refractivity contribution < 1.29 is 14.4 Å². The summed E-state index contributed by atoms with van der Waals surface area (Å²) in [7, 11) is -1.39. The predicted molar refractivity (Wildman–Crippen MR) is 96.2 cm³/mol. The average molecular weight is 338 g/mol. The summed E-state index contributed by atoms with van der Waals surface area (Å²) in [6.45, 7) is -0.210. The molecule has 0 aliphatic rings. The number of phenols is 1. The summed E-state index contributed by atoms with van der Waals surface area (Å²) in [6.07, 6.45) is 0. The smallest absolute Gasteiger partial charge is 0.115 e. The molecule has 0 fully saturated rings. The van der Waals surface area contributed by atoms with Crippen molar-refractivity contribution in [1.82, 2.24) is 0 Å². The lowest BCUT2D eigenvalue weighted by atomic mass is 10.0. The van der Waals surface area contributed by atoms with Gasteiger partial charge in [0.25, 0.3) is 0 Å². The highest BCUT2D eigenvalue weighted by Crippen LogP contribution is 2.28. The van der Waals surface area contributed by atoms with Crippen LogP contribution in [0.5, 0.6) is 5.75 Å². The van der Waals surface area contributed by atoms with Crippen LogP contribution in [0.1, 0.15) is 10.8 Å². The van der Waals surface area contributed by atoms with Gasteiger partial charge in [-0.05, 0) is 41.0 Å². The van der Waals surface area contributed by atoms with Crippen LogP contribution >= 0.6 is 0 Å². The van der Waals surface area contributed by atoms with Gasteiger partial charge in [-0.2, -0.15) is 0 Å². The normalized spacial score (nSPS) is 13.4. The van der Waals surface area contributed by atoms with E-state index in [1.165, 1.54) is 12.1 Å². The molecular weight excluding hydrogens is 320 g/mol. The van der Waals surface area contributed by atoms with Gasteiger partial charge in [-0.25, -0.2) is 0 Å². The van der Waals surface area contributed by atoms with Crippen molar-refractivity contribution in [3.63, 3.8) is 0 Å². The van der Waals surface area contributed by atoms with Crippen LogP contribution in [0, 0.1) is 0 Å². The van der Waals surface area contributed by atoms with Crippen molar-refractivity contribution in [3.05, 3.63) is 84.4 Å². The Labute approximate surface area is 143 Å². The number of rotatable bonds is 5. The fourth-order valence-corrected chi connectivity index (χ4v) is 3.83. The molecule has 0 heterocycles. The Bertz CT molecular complexity index is 812. The molecule has 0 aliphatic carbocycles. The van der Waals surface area contributed by atoms with Gasteiger partial charge in [0.15, 0.2) is 0 Å². The minimum absolute atomic E-state index is 0.128. The Hall–Kier alpha value is -2.43. The molecule has 122 valence electrons. The Morgan fingerprint density at radius 2 is 1.38 bits per heavy atom. The first-order valence-corrected chi connectivity index (χ1v) is 8.86. The molecule has 0 amide bonds. The van der Waals surface area contributed by atoms with E-state index in [1.807, 2.05) is 54.6 Å². The maximum atomic E-state index is 12.7. The van der Waals surface area contributed by atoms with E-state index < -0.39 is 16.0 Å². The molecule has 24 heavy (non-hydrogen) atoms. The van der Waals surface area contributed by atoms with Crippen LogP contribution in [0.4, 0.5) is 0 Å². The molecule has 3 aromatic rings. The summed E-state index contributed by atoms with van der Waals surface area (Å²) in [6, 6.07) is 24.0. The summed E-state index contributed by atoms with van der Waals surface area (Å²) in [5.74, 6) is 0.128. The molecule has 2 N–H and O–H groups in total. The maximum absolute atomic E-state index is 12.7. The van der Waals surface area contributed by atoms with Crippen LogP contribution in [0.3, 0.4) is 0 Å². The molecule has 0 spiro atoms. The second-order valence-corrected chi connectivity index (χ2v) is 7.09. The summed E-state index contributed by atoms with van der Waals surface area (Å²) in [5.41, 5.74) is 3.01. The number of hydrogen-bond acceptors (Lipinski definition) is 3. The second-order valence-electron chi connectivity index (χ2n) is 5.45. The topological polar surface area (TPSA) is 57.5 Å². The lowest BCUT2D eigenvalue weighted by molar-refractivity contribution is 0.294. The van der Waals surface area contributed by atoms with Gasteiger partial charge in [-0.1, -0.05) is 54.6 Å². The summed E-state index contributed by atoms with van der Waals surface area (Å²) in [5, 5.41) is 18.6. The first-order valence-electron chi connectivity index (χ1n) is 7.65. The number of aliphatic hydroxyl groups is 1. The number of hydrogen-bond donors (Lipinski definition) is 2. The number of aliphatic hydroxyl groups excluding tert-OH is 1. The van der Waals surface area contributed by atoms with Gasteiger partial charge in [-0.15, -0.1) is 0 Å². The second kappa shape index (κ2) is 7.43. The zero-order valence-electron chi connectivity index (χ0n) is 13.0. The number of phenolic OH excluding ortho intramolecular Hbond substituents is 1. The minimum Gasteiger partial charge on any atom is -0.508 e. The van der Waals surface area contributed by atoms with Gasteiger partial charge in [0.1, 0.15) is 5.75 Å². The maximum Gasteiger partial charge on any atom is 0.115 e. The van der Waals surface area contributed by atoms with Crippen molar-refractivity contribution >= 4 is 10.8 Å². The third kappa shape index (κ3) is 3.55. The van der Waals surface area contributed by atoms with Crippen LogP contribution in [-0.4, -0.2) is 21.0 Å². The Balaban J connectivity index is 1.85. The molecule has 0 aromatic heterocycles. The number of benzene rings is 3. The molecule has 2 atom stereocenters. The number of aromatic hydroxyl groups is 1. The third-order valence-electron chi connectivity index (χ3n) is 3.88. The van der Waals surface area contributed by atoms with Gasteiger partial charge < -0.3 is 10.2 Å². The first kappa shape index (κ1) is 16.4. The molecule has 3 nitrogen and oxygen atoms in total. The molecule has 2 unspecified atom stereocenters. The van der Waals surface area contributed by atoms with Crippen LogP contribution in [0.2, 0.25) is 0 Å². The standard InChI is InChI=1S/C20H18O3S/c21-14-20(24(23)19-12-10-18(22)11-13-19)17-8-6-16(7-9-17)15-4-2-1-3-5-15/h1-13,20-22H,14H2. The highest BCUT2D eigenvalue weighted by Gasteiger charge is 2.20. The molecule has 3 rings (SSSR count). The van der Waals surface area contributed by atoms with Crippen LogP contribution < -0.4 is 0 Å². The van der Waals surface area contributed by atoms with E-state index in [-0.39, 0.29) is 12.4 Å². The minimum atomic E-state index is -1.39. The van der Waals surface area contributed by atoms with Gasteiger partial charge in [0, 0.05) is 4.90 Å². The van der Waals surface area contributed by atoms with E-state index in [2.05, 4.69) is 0 Å². The van der Waals surface area contributed by atoms with Gasteiger partial charge in [0.05, 0.1) is 22.7 Å². The molecular formula is C20H18O3S. The van der Waals surface area contributed by atoms with E-state index in [0.717, 1.165) is 16.7 Å². The Morgan fingerprint density at radius 1 is 0.792 bits per heavy atom. The lowest BCUT2D eigenvalue weighted by Crippen LogP contribution is -2.11. The summed E-state index contributed by atoms with van der Waals surface area (Å²) in [4.78, 5) is 0.582. The van der Waals surface area contributed by atoms with Crippen molar-refractivity contribution in [2.24, 2.45) is 0 Å². The summed E-state index contributed by atoms with van der Waals surface area (Å²) < 4.78 is 12.7. The van der Waals surface area contributed by atoms with E-state index >= 15 is 0 Å². The van der Waals surface area contributed by atoms with Crippen molar-refractivity contribution in [3.8, 4) is 16.9 Å².